The van der Waals surface area contributed by atoms with Crippen LogP contribution < -0.4 is 10.1 Å². The Hall–Kier alpha value is -2.77. The van der Waals surface area contributed by atoms with Crippen LogP contribution in [-0.4, -0.2) is 27.2 Å². The average molecular weight is 467 g/mol. The lowest BCUT2D eigenvalue weighted by Crippen LogP contribution is -2.31. The Morgan fingerprint density at radius 1 is 1.19 bits per heavy atom. The highest BCUT2D eigenvalue weighted by Gasteiger charge is 2.36. The zero-order valence-corrected chi connectivity index (χ0v) is 19.2. The molecule has 0 fully saturated rings. The third-order valence-electron chi connectivity index (χ3n) is 5.67. The Morgan fingerprint density at radius 2 is 2.00 bits per heavy atom. The van der Waals surface area contributed by atoms with Crippen molar-refractivity contribution in [3.63, 3.8) is 0 Å². The maximum atomic E-state index is 12.9. The minimum atomic E-state index is -0.299. The molecule has 0 saturated heterocycles. The molecule has 2 aliphatic rings. The van der Waals surface area contributed by atoms with E-state index in [-0.39, 0.29) is 11.8 Å². The molecule has 2 aromatic carbocycles. The van der Waals surface area contributed by atoms with E-state index in [1.165, 1.54) is 11.8 Å². The number of Topliss-reactive ketones (excluding diaryl/α,β-unsaturated/α-hetero) is 1. The van der Waals surface area contributed by atoms with Crippen LogP contribution in [0.2, 0.25) is 5.02 Å². The molecule has 0 bridgehead atoms. The number of anilines is 1. The number of ketones is 1. The van der Waals surface area contributed by atoms with Crippen LogP contribution in [0.25, 0.3) is 0 Å². The maximum Gasteiger partial charge on any atom is 0.227 e. The largest absolute Gasteiger partial charge is 0.494 e. The van der Waals surface area contributed by atoms with Gasteiger partial charge in [-0.05, 0) is 49.1 Å². The van der Waals surface area contributed by atoms with E-state index in [4.69, 9.17) is 26.4 Å². The van der Waals surface area contributed by atoms with Crippen LogP contribution in [0.5, 0.6) is 5.75 Å². The zero-order valence-electron chi connectivity index (χ0n) is 17.7. The summed E-state index contributed by atoms with van der Waals surface area (Å²) in [5.74, 6) is 2.32. The Labute approximate surface area is 196 Å². The number of benzene rings is 2. The molecule has 164 valence electrons. The van der Waals surface area contributed by atoms with E-state index in [1.807, 2.05) is 60.1 Å². The van der Waals surface area contributed by atoms with Crippen LogP contribution in [0.3, 0.4) is 0 Å². The van der Waals surface area contributed by atoms with Gasteiger partial charge in [0.15, 0.2) is 5.78 Å². The molecule has 32 heavy (non-hydrogen) atoms. The quantitative estimate of drug-likeness (QED) is 0.474. The van der Waals surface area contributed by atoms with Crippen molar-refractivity contribution < 1.29 is 9.53 Å². The highest BCUT2D eigenvalue weighted by Crippen LogP contribution is 2.41. The fraction of sp³-hybridized carbons (Fsp3) is 0.292. The van der Waals surface area contributed by atoms with Crippen LogP contribution in [-0.2, 0) is 10.5 Å². The van der Waals surface area contributed by atoms with E-state index in [1.54, 1.807) is 0 Å². The number of ether oxygens (including phenoxy) is 1. The molecule has 1 N–H and O–H groups in total. The molecular formula is C24H23ClN4O2S. The third-order valence-corrected chi connectivity index (χ3v) is 6.93. The van der Waals surface area contributed by atoms with Gasteiger partial charge in [0.1, 0.15) is 11.8 Å². The number of fused-ring (bicyclic) bond motifs is 1. The molecule has 3 aromatic rings. The summed E-state index contributed by atoms with van der Waals surface area (Å²) in [7, 11) is 0. The number of allylic oxidation sites excluding steroid dienone is 2. The summed E-state index contributed by atoms with van der Waals surface area (Å²) < 4.78 is 7.43. The van der Waals surface area contributed by atoms with Gasteiger partial charge in [0.05, 0.1) is 6.61 Å². The number of nitrogens with zero attached hydrogens (tertiary/aromatic N) is 3. The molecule has 8 heteroatoms. The second kappa shape index (κ2) is 9.00. The second-order valence-corrected chi connectivity index (χ2v) is 9.09. The number of carbonyl (C=O) groups is 1. The van der Waals surface area contributed by atoms with Crippen LogP contribution in [0.4, 0.5) is 5.95 Å². The first-order chi connectivity index (χ1) is 15.6. The summed E-state index contributed by atoms with van der Waals surface area (Å²) in [6.07, 6.45) is 2.25. The number of aromatic nitrogens is 3. The Balaban J connectivity index is 1.49. The molecule has 1 unspecified atom stereocenters. The van der Waals surface area contributed by atoms with Crippen molar-refractivity contribution in [2.45, 2.75) is 43.1 Å². The van der Waals surface area contributed by atoms with Gasteiger partial charge in [-0.15, -0.1) is 5.10 Å². The van der Waals surface area contributed by atoms with Gasteiger partial charge in [-0.2, -0.15) is 4.98 Å². The van der Waals surface area contributed by atoms with Crippen molar-refractivity contribution >= 4 is 35.1 Å². The number of nitrogens with one attached hydrogen (secondary N) is 1. The van der Waals surface area contributed by atoms with E-state index < -0.39 is 0 Å². The standard InChI is InChI=1S/C24H23ClN4O2S/c1-2-31-17-12-10-15(11-13-17)22-21-19(8-5-9-20(21)30)26-23-27-24(28-29(22)23)32-14-16-6-3-4-7-18(16)25/h3-4,6-7,10-13,22H,2,5,8-9,14H2,1H3,(H,26,27,28). The zero-order chi connectivity index (χ0) is 22.1. The van der Waals surface area contributed by atoms with Gasteiger partial charge in [-0.1, -0.05) is 53.7 Å². The summed E-state index contributed by atoms with van der Waals surface area (Å²) >= 11 is 7.83. The number of carbonyl (C=O) groups excluding carboxylic acids is 1. The maximum absolute atomic E-state index is 12.9. The Bertz CT molecular complexity index is 1190. The van der Waals surface area contributed by atoms with Crippen molar-refractivity contribution in [3.05, 3.63) is 76.0 Å². The topological polar surface area (TPSA) is 69.0 Å². The molecule has 0 spiro atoms. The van der Waals surface area contributed by atoms with Gasteiger partial charge in [-0.25, -0.2) is 4.68 Å². The summed E-state index contributed by atoms with van der Waals surface area (Å²) in [6.45, 7) is 2.57. The summed E-state index contributed by atoms with van der Waals surface area (Å²) in [4.78, 5) is 17.7. The van der Waals surface area contributed by atoms with Gasteiger partial charge < -0.3 is 10.1 Å². The fourth-order valence-electron chi connectivity index (χ4n) is 4.18. The average Bonchev–Trinajstić information content (AvgIpc) is 3.21. The number of thioether (sulfide) groups is 1. The number of hydrogen-bond donors (Lipinski definition) is 1. The first-order valence-electron chi connectivity index (χ1n) is 10.7. The second-order valence-electron chi connectivity index (χ2n) is 7.74. The lowest BCUT2D eigenvalue weighted by Gasteiger charge is -2.32. The lowest BCUT2D eigenvalue weighted by molar-refractivity contribution is -0.116. The van der Waals surface area contributed by atoms with Crippen molar-refractivity contribution in [1.29, 1.82) is 0 Å². The van der Waals surface area contributed by atoms with E-state index in [2.05, 4.69) is 5.32 Å². The first-order valence-corrected chi connectivity index (χ1v) is 12.1. The minimum Gasteiger partial charge on any atom is -0.494 e. The van der Waals surface area contributed by atoms with Crippen LogP contribution in [0.15, 0.2) is 65.0 Å². The minimum absolute atomic E-state index is 0.170. The Kier molecular flexibility index (Phi) is 5.93. The van der Waals surface area contributed by atoms with Crippen molar-refractivity contribution in [1.82, 2.24) is 14.8 Å². The molecular weight excluding hydrogens is 444 g/mol. The Morgan fingerprint density at radius 3 is 2.78 bits per heavy atom. The number of hydrogen-bond acceptors (Lipinski definition) is 6. The van der Waals surface area contributed by atoms with Gasteiger partial charge in [0.2, 0.25) is 11.1 Å². The number of halogens is 1. The van der Waals surface area contributed by atoms with E-state index >= 15 is 0 Å². The molecule has 0 saturated carbocycles. The van der Waals surface area contributed by atoms with Crippen molar-refractivity contribution in [2.75, 3.05) is 11.9 Å². The fourth-order valence-corrected chi connectivity index (χ4v) is 5.29. The van der Waals surface area contributed by atoms with Crippen molar-refractivity contribution in [3.8, 4) is 5.75 Å². The molecule has 1 aromatic heterocycles. The molecule has 0 radical (unpaired) electrons. The monoisotopic (exact) mass is 466 g/mol. The van der Waals surface area contributed by atoms with Crippen LogP contribution in [0, 0.1) is 0 Å². The highest BCUT2D eigenvalue weighted by molar-refractivity contribution is 7.98. The predicted molar refractivity (Wildman–Crippen MR) is 126 cm³/mol. The molecule has 0 amide bonds. The van der Waals surface area contributed by atoms with E-state index in [0.717, 1.165) is 46.0 Å². The van der Waals surface area contributed by atoms with Crippen LogP contribution >= 0.6 is 23.4 Å². The molecule has 1 atom stereocenters. The molecule has 1 aliphatic carbocycles. The van der Waals surface area contributed by atoms with Gasteiger partial charge in [0.25, 0.3) is 0 Å². The van der Waals surface area contributed by atoms with E-state index in [9.17, 15) is 4.79 Å². The SMILES string of the molecule is CCOc1ccc(C2C3=C(CCCC3=O)Nc3nc(SCc4ccccc4Cl)nn32)cc1. The highest BCUT2D eigenvalue weighted by atomic mass is 35.5. The first kappa shape index (κ1) is 21.1. The summed E-state index contributed by atoms with van der Waals surface area (Å²) in [5, 5.41) is 9.54. The van der Waals surface area contributed by atoms with Gasteiger partial charge in [0, 0.05) is 28.5 Å². The molecule has 5 rings (SSSR count). The lowest BCUT2D eigenvalue weighted by atomic mass is 9.85. The van der Waals surface area contributed by atoms with Crippen molar-refractivity contribution in [2.24, 2.45) is 0 Å². The smallest absolute Gasteiger partial charge is 0.227 e. The van der Waals surface area contributed by atoms with Gasteiger partial charge >= 0.3 is 0 Å². The van der Waals surface area contributed by atoms with E-state index in [0.29, 0.717) is 29.9 Å². The van der Waals surface area contributed by atoms with Crippen LogP contribution in [0.1, 0.15) is 43.4 Å². The van der Waals surface area contributed by atoms with Gasteiger partial charge in [-0.3, -0.25) is 4.79 Å². The predicted octanol–water partition coefficient (Wildman–Crippen LogP) is 5.64. The summed E-state index contributed by atoms with van der Waals surface area (Å²) in [5.41, 5.74) is 3.78. The molecule has 2 heterocycles. The normalized spacial score (nSPS) is 17.6. The third kappa shape index (κ3) is 4.02. The summed E-state index contributed by atoms with van der Waals surface area (Å²) in [6, 6.07) is 15.4. The molecule has 6 nitrogen and oxygen atoms in total. The number of rotatable bonds is 6. The molecule has 1 aliphatic heterocycles.